The first-order valence-electron chi connectivity index (χ1n) is 8.26. The van der Waals surface area contributed by atoms with Crippen molar-refractivity contribution < 1.29 is 23.5 Å². The minimum atomic E-state index is -1.03. The number of halogens is 2. The lowest BCUT2D eigenvalue weighted by atomic mass is 10.0. The summed E-state index contributed by atoms with van der Waals surface area (Å²) in [7, 11) is 0. The maximum atomic E-state index is 13.4. The van der Waals surface area contributed by atoms with E-state index < -0.39 is 17.6 Å². The van der Waals surface area contributed by atoms with Gasteiger partial charge < -0.3 is 10.0 Å². The predicted molar refractivity (Wildman–Crippen MR) is 93.6 cm³/mol. The maximum Gasteiger partial charge on any atom is 0.305 e. The Kier molecular flexibility index (Phi) is 6.44. The monoisotopic (exact) mass is 361 g/mol. The molecule has 0 fully saturated rings. The number of carbonyl (C=O) groups is 2. The number of hydrogen-bond donors (Lipinski definition) is 1. The standard InChI is InChI=1S/C20H21F2NO3/c1-13-3-4-14(2)16(9-13)11-19(24)23(8-7-20(25)26)12-15-5-6-17(21)18(22)10-15/h3-6,9-10H,7-8,11-12H2,1-2H3,(H,25,26). The largest absolute Gasteiger partial charge is 0.481 e. The summed E-state index contributed by atoms with van der Waals surface area (Å²) >= 11 is 0. The van der Waals surface area contributed by atoms with E-state index in [1.165, 1.54) is 11.0 Å². The van der Waals surface area contributed by atoms with E-state index in [1.807, 2.05) is 32.0 Å². The lowest BCUT2D eigenvalue weighted by molar-refractivity contribution is -0.138. The van der Waals surface area contributed by atoms with Crippen LogP contribution in [0.3, 0.4) is 0 Å². The molecule has 0 aliphatic heterocycles. The molecule has 1 amide bonds. The molecule has 0 aromatic heterocycles. The second-order valence-corrected chi connectivity index (χ2v) is 6.31. The Balaban J connectivity index is 2.19. The molecule has 0 aliphatic carbocycles. The lowest BCUT2D eigenvalue weighted by Crippen LogP contribution is -2.34. The Bertz CT molecular complexity index is 821. The number of aryl methyl sites for hydroxylation is 2. The molecule has 2 aromatic rings. The highest BCUT2D eigenvalue weighted by Crippen LogP contribution is 2.15. The van der Waals surface area contributed by atoms with E-state index in [4.69, 9.17) is 5.11 Å². The molecular weight excluding hydrogens is 340 g/mol. The molecule has 0 saturated heterocycles. The van der Waals surface area contributed by atoms with Gasteiger partial charge in [-0.1, -0.05) is 29.8 Å². The summed E-state index contributed by atoms with van der Waals surface area (Å²) in [5, 5.41) is 8.91. The normalized spacial score (nSPS) is 10.6. The highest BCUT2D eigenvalue weighted by Gasteiger charge is 2.17. The van der Waals surface area contributed by atoms with Crippen molar-refractivity contribution in [2.75, 3.05) is 6.54 Å². The van der Waals surface area contributed by atoms with Crippen molar-refractivity contribution in [3.05, 3.63) is 70.3 Å². The van der Waals surface area contributed by atoms with Crippen LogP contribution < -0.4 is 0 Å². The molecule has 0 unspecified atom stereocenters. The van der Waals surface area contributed by atoms with Crippen molar-refractivity contribution >= 4 is 11.9 Å². The van der Waals surface area contributed by atoms with E-state index in [0.29, 0.717) is 5.56 Å². The minimum Gasteiger partial charge on any atom is -0.481 e. The van der Waals surface area contributed by atoms with Crippen LogP contribution in [0.2, 0.25) is 0 Å². The van der Waals surface area contributed by atoms with Gasteiger partial charge in [-0.2, -0.15) is 0 Å². The maximum absolute atomic E-state index is 13.4. The quantitative estimate of drug-likeness (QED) is 0.819. The Hall–Kier alpha value is -2.76. The first-order chi connectivity index (χ1) is 12.3. The van der Waals surface area contributed by atoms with Crippen molar-refractivity contribution in [3.8, 4) is 0 Å². The van der Waals surface area contributed by atoms with Crippen LogP contribution in [0.25, 0.3) is 0 Å². The smallest absolute Gasteiger partial charge is 0.305 e. The SMILES string of the molecule is Cc1ccc(C)c(CC(=O)N(CCC(=O)O)Cc2ccc(F)c(F)c2)c1. The summed E-state index contributed by atoms with van der Waals surface area (Å²) in [6, 6.07) is 9.20. The average molecular weight is 361 g/mol. The third kappa shape index (κ3) is 5.37. The van der Waals surface area contributed by atoms with Crippen molar-refractivity contribution in [1.29, 1.82) is 0 Å². The van der Waals surface area contributed by atoms with Crippen LogP contribution in [-0.4, -0.2) is 28.4 Å². The molecule has 0 aliphatic rings. The van der Waals surface area contributed by atoms with Crippen LogP contribution in [-0.2, 0) is 22.6 Å². The molecule has 138 valence electrons. The van der Waals surface area contributed by atoms with Gasteiger partial charge in [0.1, 0.15) is 0 Å². The van der Waals surface area contributed by atoms with E-state index in [2.05, 4.69) is 0 Å². The van der Waals surface area contributed by atoms with Crippen LogP contribution in [0, 0.1) is 25.5 Å². The third-order valence-corrected chi connectivity index (χ3v) is 4.15. The van der Waals surface area contributed by atoms with Gasteiger partial charge in [0.05, 0.1) is 12.8 Å². The van der Waals surface area contributed by atoms with Crippen LogP contribution in [0.1, 0.15) is 28.7 Å². The third-order valence-electron chi connectivity index (χ3n) is 4.15. The molecule has 26 heavy (non-hydrogen) atoms. The fourth-order valence-electron chi connectivity index (χ4n) is 2.65. The molecule has 0 radical (unpaired) electrons. The van der Waals surface area contributed by atoms with Crippen molar-refractivity contribution in [3.63, 3.8) is 0 Å². The molecule has 1 N–H and O–H groups in total. The molecule has 2 aromatic carbocycles. The van der Waals surface area contributed by atoms with Crippen molar-refractivity contribution in [2.45, 2.75) is 33.2 Å². The van der Waals surface area contributed by atoms with Gasteiger partial charge in [0.25, 0.3) is 0 Å². The Morgan fingerprint density at radius 1 is 1.04 bits per heavy atom. The van der Waals surface area contributed by atoms with E-state index in [-0.39, 0.29) is 31.8 Å². The van der Waals surface area contributed by atoms with Gasteiger partial charge in [-0.3, -0.25) is 9.59 Å². The summed E-state index contributed by atoms with van der Waals surface area (Å²) in [5.41, 5.74) is 3.26. The highest BCUT2D eigenvalue weighted by molar-refractivity contribution is 5.80. The van der Waals surface area contributed by atoms with E-state index in [0.717, 1.165) is 28.8 Å². The van der Waals surface area contributed by atoms with Crippen LogP contribution in [0.4, 0.5) is 8.78 Å². The number of rotatable bonds is 7. The summed E-state index contributed by atoms with van der Waals surface area (Å²) < 4.78 is 26.5. The van der Waals surface area contributed by atoms with E-state index in [1.54, 1.807) is 0 Å². The molecule has 0 atom stereocenters. The number of carboxylic acids is 1. The lowest BCUT2D eigenvalue weighted by Gasteiger charge is -2.23. The average Bonchev–Trinajstić information content (AvgIpc) is 2.57. The molecule has 4 nitrogen and oxygen atoms in total. The second-order valence-electron chi connectivity index (χ2n) is 6.31. The van der Waals surface area contributed by atoms with E-state index in [9.17, 15) is 18.4 Å². The Labute approximate surface area is 151 Å². The number of aliphatic carboxylic acids is 1. The zero-order valence-electron chi connectivity index (χ0n) is 14.8. The fraction of sp³-hybridized carbons (Fsp3) is 0.300. The summed E-state index contributed by atoms with van der Waals surface area (Å²) in [6.45, 7) is 3.85. The highest BCUT2D eigenvalue weighted by atomic mass is 19.2. The molecule has 0 bridgehead atoms. The molecule has 6 heteroatoms. The number of hydrogen-bond acceptors (Lipinski definition) is 2. The van der Waals surface area contributed by atoms with Crippen molar-refractivity contribution in [2.24, 2.45) is 0 Å². The number of amides is 1. The van der Waals surface area contributed by atoms with Gasteiger partial charge in [0.15, 0.2) is 11.6 Å². The van der Waals surface area contributed by atoms with Gasteiger partial charge in [-0.05, 0) is 42.7 Å². The first-order valence-corrected chi connectivity index (χ1v) is 8.26. The molecule has 0 spiro atoms. The zero-order valence-corrected chi connectivity index (χ0v) is 14.8. The van der Waals surface area contributed by atoms with Gasteiger partial charge in [0.2, 0.25) is 5.91 Å². The molecule has 0 saturated carbocycles. The van der Waals surface area contributed by atoms with Gasteiger partial charge in [-0.15, -0.1) is 0 Å². The number of benzene rings is 2. The molecule has 2 rings (SSSR count). The van der Waals surface area contributed by atoms with Gasteiger partial charge in [-0.25, -0.2) is 8.78 Å². The van der Waals surface area contributed by atoms with Crippen LogP contribution in [0.5, 0.6) is 0 Å². The molecule has 0 heterocycles. The summed E-state index contributed by atoms with van der Waals surface area (Å²) in [4.78, 5) is 25.0. The summed E-state index contributed by atoms with van der Waals surface area (Å²) in [5.74, 6) is -3.25. The fourth-order valence-corrected chi connectivity index (χ4v) is 2.65. The van der Waals surface area contributed by atoms with Crippen molar-refractivity contribution in [1.82, 2.24) is 4.90 Å². The first kappa shape index (κ1) is 19.6. The number of carboxylic acid groups (broad SMARTS) is 1. The second kappa shape index (κ2) is 8.56. The van der Waals surface area contributed by atoms with Crippen LogP contribution in [0.15, 0.2) is 36.4 Å². The van der Waals surface area contributed by atoms with Gasteiger partial charge in [0, 0.05) is 13.1 Å². The number of nitrogens with zero attached hydrogens (tertiary/aromatic N) is 1. The summed E-state index contributed by atoms with van der Waals surface area (Å²) in [6.07, 6.45) is -0.0982. The van der Waals surface area contributed by atoms with Crippen LogP contribution >= 0.6 is 0 Å². The zero-order chi connectivity index (χ0) is 19.3. The topological polar surface area (TPSA) is 57.6 Å². The predicted octanol–water partition coefficient (Wildman–Crippen LogP) is 3.63. The van der Waals surface area contributed by atoms with E-state index >= 15 is 0 Å². The Morgan fingerprint density at radius 2 is 1.77 bits per heavy atom. The minimum absolute atomic E-state index is 0.00196. The Morgan fingerprint density at radius 3 is 2.42 bits per heavy atom. The van der Waals surface area contributed by atoms with Gasteiger partial charge >= 0.3 is 5.97 Å². The number of carbonyl (C=O) groups excluding carboxylic acids is 1. The molecular formula is C20H21F2NO3.